The molecule has 1 saturated heterocycles. The number of nitrogens with zero attached hydrogens (tertiary/aromatic N) is 1. The highest BCUT2D eigenvalue weighted by Crippen LogP contribution is 2.46. The summed E-state index contributed by atoms with van der Waals surface area (Å²) in [5, 5.41) is 0. The van der Waals surface area contributed by atoms with Crippen molar-refractivity contribution in [2.75, 3.05) is 13.1 Å². The van der Waals surface area contributed by atoms with E-state index in [1.165, 1.54) is 11.1 Å². The summed E-state index contributed by atoms with van der Waals surface area (Å²) in [6.07, 6.45) is 4.11. The monoisotopic (exact) mass is 247 g/mol. The molecule has 1 aliphatic carbocycles. The molecule has 1 aromatic carbocycles. The number of hydrogen-bond donors (Lipinski definition) is 0. The van der Waals surface area contributed by atoms with Gasteiger partial charge < -0.3 is 4.90 Å². The molecule has 0 saturated carbocycles. The zero-order chi connectivity index (χ0) is 12.8. The Morgan fingerprint density at radius 2 is 2.00 bits per heavy atom. The number of likely N-dealkylation sites (tertiary alicyclic amines) is 1. The first-order valence-electron chi connectivity index (χ1n) is 6.65. The fourth-order valence-corrected chi connectivity index (χ4v) is 3.54. The second-order valence-electron chi connectivity index (χ2n) is 5.59. The lowest BCUT2D eigenvalue weighted by Crippen LogP contribution is -2.43. The third kappa shape index (κ3) is 1.73. The third-order valence-electron chi connectivity index (χ3n) is 4.68. The molecule has 0 aromatic heterocycles. The Kier molecular flexibility index (Phi) is 2.65. The molecule has 2 aliphatic rings. The molecule has 0 unspecified atom stereocenters. The molecule has 18 heavy (non-hydrogen) atoms. The minimum absolute atomic E-state index is 0.128. The van der Waals surface area contributed by atoms with Crippen LogP contribution in [0.25, 0.3) is 0 Å². The van der Waals surface area contributed by atoms with Crippen LogP contribution in [0.2, 0.25) is 0 Å². The van der Waals surface area contributed by atoms with E-state index < -0.39 is 0 Å². The molecule has 3 heteroatoms. The zero-order valence-corrected chi connectivity index (χ0v) is 10.7. The number of carbonyl (C=O) groups excluding carboxylic acids is 1. The topological polar surface area (TPSA) is 20.3 Å². The molecule has 0 bridgehead atoms. The molecular weight excluding hydrogens is 229 g/mol. The molecule has 0 N–H and O–H groups in total. The van der Waals surface area contributed by atoms with Crippen molar-refractivity contribution < 1.29 is 9.18 Å². The van der Waals surface area contributed by atoms with E-state index in [9.17, 15) is 9.18 Å². The summed E-state index contributed by atoms with van der Waals surface area (Å²) in [6, 6.07) is 5.20. The number of rotatable bonds is 0. The van der Waals surface area contributed by atoms with Crippen molar-refractivity contribution in [3.63, 3.8) is 0 Å². The summed E-state index contributed by atoms with van der Waals surface area (Å²) < 4.78 is 13.4. The molecule has 1 amide bonds. The van der Waals surface area contributed by atoms with Gasteiger partial charge in [0.05, 0.1) is 0 Å². The van der Waals surface area contributed by atoms with Crippen LogP contribution in [0.5, 0.6) is 0 Å². The summed E-state index contributed by atoms with van der Waals surface area (Å²) in [6.45, 7) is 3.25. The number of carbonyl (C=O) groups is 1. The van der Waals surface area contributed by atoms with Crippen molar-refractivity contribution >= 4 is 5.91 Å². The lowest BCUT2D eigenvalue weighted by atomic mass is 9.74. The van der Waals surface area contributed by atoms with Crippen molar-refractivity contribution in [3.05, 3.63) is 35.1 Å². The van der Waals surface area contributed by atoms with Crippen molar-refractivity contribution in [1.82, 2.24) is 4.90 Å². The molecule has 96 valence electrons. The van der Waals surface area contributed by atoms with Crippen LogP contribution in [-0.4, -0.2) is 23.9 Å². The van der Waals surface area contributed by atoms with Gasteiger partial charge >= 0.3 is 0 Å². The molecule has 1 aliphatic heterocycles. The van der Waals surface area contributed by atoms with Crippen LogP contribution in [0, 0.1) is 5.82 Å². The average Bonchev–Trinajstić information content (AvgIpc) is 2.69. The van der Waals surface area contributed by atoms with E-state index >= 15 is 0 Å². The maximum Gasteiger partial charge on any atom is 0.219 e. The molecule has 1 heterocycles. The highest BCUT2D eigenvalue weighted by atomic mass is 19.1. The van der Waals surface area contributed by atoms with Crippen molar-refractivity contribution in [2.24, 2.45) is 0 Å². The Hall–Kier alpha value is -1.38. The van der Waals surface area contributed by atoms with Gasteiger partial charge in [-0.15, -0.1) is 0 Å². The average molecular weight is 247 g/mol. The van der Waals surface area contributed by atoms with E-state index in [1.54, 1.807) is 19.1 Å². The van der Waals surface area contributed by atoms with Gasteiger partial charge in [-0.25, -0.2) is 4.39 Å². The normalized spacial score (nSPS) is 21.1. The number of amides is 1. The molecule has 1 aromatic rings. The first-order chi connectivity index (χ1) is 8.61. The van der Waals surface area contributed by atoms with Crippen molar-refractivity contribution in [1.29, 1.82) is 0 Å². The number of benzene rings is 1. The quantitative estimate of drug-likeness (QED) is 0.690. The van der Waals surface area contributed by atoms with Gasteiger partial charge in [-0.1, -0.05) is 6.07 Å². The maximum absolute atomic E-state index is 13.4. The zero-order valence-electron chi connectivity index (χ0n) is 10.7. The van der Waals surface area contributed by atoms with E-state index in [0.29, 0.717) is 0 Å². The van der Waals surface area contributed by atoms with Gasteiger partial charge in [-0.05, 0) is 54.4 Å². The summed E-state index contributed by atoms with van der Waals surface area (Å²) in [5.74, 6) is 0.0198. The Balaban J connectivity index is 1.88. The Bertz CT molecular complexity index is 489. The van der Waals surface area contributed by atoms with Gasteiger partial charge in [0.1, 0.15) is 5.82 Å². The van der Waals surface area contributed by atoms with Gasteiger partial charge in [0.15, 0.2) is 0 Å². The smallest absolute Gasteiger partial charge is 0.219 e. The second-order valence-corrected chi connectivity index (χ2v) is 5.59. The maximum atomic E-state index is 13.4. The molecule has 1 spiro atoms. The van der Waals surface area contributed by atoms with E-state index in [1.807, 2.05) is 11.0 Å². The number of fused-ring (bicyclic) bond motifs is 2. The van der Waals surface area contributed by atoms with Crippen LogP contribution in [-0.2, 0) is 16.6 Å². The Morgan fingerprint density at radius 3 is 2.67 bits per heavy atom. The van der Waals surface area contributed by atoms with Crippen LogP contribution in [0.3, 0.4) is 0 Å². The standard InChI is InChI=1S/C15H18FNO/c1-11(18)17-8-6-15(7-9-17)5-4-12-2-3-13(16)10-14(12)15/h2-3,10H,4-9H2,1H3. The number of piperidine rings is 1. The van der Waals surface area contributed by atoms with E-state index in [-0.39, 0.29) is 17.1 Å². The van der Waals surface area contributed by atoms with E-state index in [2.05, 4.69) is 0 Å². The van der Waals surface area contributed by atoms with Crippen molar-refractivity contribution in [2.45, 2.75) is 38.0 Å². The molecular formula is C15H18FNO. The van der Waals surface area contributed by atoms with E-state index in [4.69, 9.17) is 0 Å². The summed E-state index contributed by atoms with van der Waals surface area (Å²) in [5.41, 5.74) is 2.63. The molecule has 3 rings (SSSR count). The summed E-state index contributed by atoms with van der Waals surface area (Å²) >= 11 is 0. The van der Waals surface area contributed by atoms with Crippen molar-refractivity contribution in [3.8, 4) is 0 Å². The third-order valence-corrected chi connectivity index (χ3v) is 4.68. The minimum atomic E-state index is -0.135. The minimum Gasteiger partial charge on any atom is -0.343 e. The predicted octanol–water partition coefficient (Wildman–Crippen LogP) is 2.65. The first kappa shape index (κ1) is 11.7. The Morgan fingerprint density at radius 1 is 1.28 bits per heavy atom. The number of hydrogen-bond acceptors (Lipinski definition) is 1. The van der Waals surface area contributed by atoms with E-state index in [0.717, 1.165) is 38.8 Å². The molecule has 1 fully saturated rings. The number of aryl methyl sites for hydroxylation is 1. The second kappa shape index (κ2) is 4.08. The van der Waals surface area contributed by atoms with Crippen LogP contribution >= 0.6 is 0 Å². The van der Waals surface area contributed by atoms with Crippen LogP contribution in [0.1, 0.15) is 37.3 Å². The summed E-state index contributed by atoms with van der Waals surface area (Å²) in [4.78, 5) is 13.3. The lowest BCUT2D eigenvalue weighted by molar-refractivity contribution is -0.130. The van der Waals surface area contributed by atoms with Gasteiger partial charge in [0, 0.05) is 20.0 Å². The van der Waals surface area contributed by atoms with Crippen LogP contribution in [0.15, 0.2) is 18.2 Å². The highest BCUT2D eigenvalue weighted by molar-refractivity contribution is 5.73. The largest absolute Gasteiger partial charge is 0.343 e. The predicted molar refractivity (Wildman–Crippen MR) is 67.9 cm³/mol. The SMILES string of the molecule is CC(=O)N1CCC2(CCc3ccc(F)cc32)CC1. The van der Waals surface area contributed by atoms with Gasteiger partial charge in [0.25, 0.3) is 0 Å². The van der Waals surface area contributed by atoms with Gasteiger partial charge in [-0.3, -0.25) is 4.79 Å². The fraction of sp³-hybridized carbons (Fsp3) is 0.533. The fourth-order valence-electron chi connectivity index (χ4n) is 3.54. The molecule has 0 radical (unpaired) electrons. The van der Waals surface area contributed by atoms with Crippen LogP contribution in [0.4, 0.5) is 4.39 Å². The van der Waals surface area contributed by atoms with Gasteiger partial charge in [0.2, 0.25) is 5.91 Å². The lowest BCUT2D eigenvalue weighted by Gasteiger charge is -2.39. The van der Waals surface area contributed by atoms with Gasteiger partial charge in [-0.2, -0.15) is 0 Å². The first-order valence-corrected chi connectivity index (χ1v) is 6.65. The summed E-state index contributed by atoms with van der Waals surface area (Å²) in [7, 11) is 0. The molecule has 0 atom stereocenters. The van der Waals surface area contributed by atoms with Crippen LogP contribution < -0.4 is 0 Å². The molecule has 2 nitrogen and oxygen atoms in total. The number of halogens is 1. The Labute approximate surface area is 107 Å². The highest BCUT2D eigenvalue weighted by Gasteiger charge is 2.41.